The Morgan fingerprint density at radius 1 is 1.03 bits per heavy atom. The molecule has 0 aliphatic carbocycles. The molecule has 0 radical (unpaired) electrons. The van der Waals surface area contributed by atoms with Gasteiger partial charge in [0.1, 0.15) is 5.78 Å². The minimum absolute atomic E-state index is 0.0137. The van der Waals surface area contributed by atoms with Crippen molar-refractivity contribution < 1.29 is 14.4 Å². The zero-order valence-corrected chi connectivity index (χ0v) is 23.5. The molecule has 0 saturated carbocycles. The summed E-state index contributed by atoms with van der Waals surface area (Å²) in [6.07, 6.45) is 4.58. The lowest BCUT2D eigenvalue weighted by atomic mass is 9.96. The lowest BCUT2D eigenvalue weighted by Gasteiger charge is -2.32. The number of carbonyl (C=O) groups is 3. The van der Waals surface area contributed by atoms with E-state index in [9.17, 15) is 14.4 Å². The first-order valence-electron chi connectivity index (χ1n) is 13.5. The van der Waals surface area contributed by atoms with Crippen LogP contribution in [0.25, 0.3) is 0 Å². The van der Waals surface area contributed by atoms with Gasteiger partial charge in [0.25, 0.3) is 0 Å². The summed E-state index contributed by atoms with van der Waals surface area (Å²) >= 11 is 12.2. The van der Waals surface area contributed by atoms with E-state index in [0.717, 1.165) is 24.8 Å². The Hall–Kier alpha value is -2.25. The second kappa shape index (κ2) is 13.2. The van der Waals surface area contributed by atoms with Gasteiger partial charge in [-0.1, -0.05) is 59.6 Å². The number of rotatable bonds is 11. The van der Waals surface area contributed by atoms with E-state index in [4.69, 9.17) is 28.9 Å². The smallest absolute Gasteiger partial charge is 0.240 e. The fraction of sp³-hybridized carbons (Fsp3) is 0.500. The van der Waals surface area contributed by atoms with E-state index >= 15 is 0 Å². The molecule has 4 rings (SSSR count). The predicted octanol–water partition coefficient (Wildman–Crippen LogP) is 4.87. The molecular weight excluding hydrogens is 521 g/mol. The number of ketones is 2. The summed E-state index contributed by atoms with van der Waals surface area (Å²) in [7, 11) is 0. The topological polar surface area (TPSA) is 83.7 Å². The maximum absolute atomic E-state index is 13.9. The lowest BCUT2D eigenvalue weighted by Crippen LogP contribution is -2.50. The van der Waals surface area contributed by atoms with E-state index in [1.807, 2.05) is 24.3 Å². The Morgan fingerprint density at radius 3 is 2.50 bits per heavy atom. The minimum Gasteiger partial charge on any atom is -0.331 e. The molecule has 0 bridgehead atoms. The van der Waals surface area contributed by atoms with Crippen LogP contribution in [0.5, 0.6) is 0 Å². The van der Waals surface area contributed by atoms with Gasteiger partial charge in [-0.2, -0.15) is 0 Å². The molecule has 2 fully saturated rings. The highest BCUT2D eigenvalue weighted by Crippen LogP contribution is 2.31. The van der Waals surface area contributed by atoms with Crippen LogP contribution in [-0.4, -0.2) is 64.5 Å². The summed E-state index contributed by atoms with van der Waals surface area (Å²) in [4.78, 5) is 43.4. The number of halogens is 2. The third-order valence-electron chi connectivity index (χ3n) is 7.88. The van der Waals surface area contributed by atoms with Crippen LogP contribution >= 0.6 is 23.2 Å². The second-order valence-corrected chi connectivity index (χ2v) is 11.5. The zero-order chi connectivity index (χ0) is 27.2. The molecular formula is C30H37Cl2N3O3. The summed E-state index contributed by atoms with van der Waals surface area (Å²) in [5, 5.41) is 0.920. The van der Waals surface area contributed by atoms with Crippen LogP contribution in [0, 0.1) is 0 Å². The van der Waals surface area contributed by atoms with Crippen molar-refractivity contribution in [2.24, 2.45) is 5.73 Å². The molecule has 38 heavy (non-hydrogen) atoms. The number of carbonyl (C=O) groups excluding carboxylic acids is 3. The Labute approximate surface area is 235 Å². The Balaban J connectivity index is 1.51. The molecule has 0 aromatic heterocycles. The van der Waals surface area contributed by atoms with Crippen LogP contribution in [0.4, 0.5) is 0 Å². The predicted molar refractivity (Wildman–Crippen MR) is 151 cm³/mol. The maximum Gasteiger partial charge on any atom is 0.240 e. The number of hydrogen-bond donors (Lipinski definition) is 1. The van der Waals surface area contributed by atoms with Crippen molar-refractivity contribution in [1.29, 1.82) is 0 Å². The van der Waals surface area contributed by atoms with Gasteiger partial charge in [0.2, 0.25) is 5.91 Å². The fourth-order valence-corrected chi connectivity index (χ4v) is 6.17. The van der Waals surface area contributed by atoms with Crippen LogP contribution in [0.3, 0.4) is 0 Å². The van der Waals surface area contributed by atoms with Gasteiger partial charge in [-0.05, 0) is 68.7 Å². The quantitative estimate of drug-likeness (QED) is 0.426. The highest BCUT2D eigenvalue weighted by atomic mass is 35.5. The SMILES string of the molecule is CC(=O)CC[C@H](C(=O)CCc1ccc(Cl)c(Cl)c1)N1CC[C@H](CCc2ccccc2)N2C[C@H](N)C[C@H]2C1=O. The third kappa shape index (κ3) is 7.23. The largest absolute Gasteiger partial charge is 0.331 e. The molecule has 2 N–H and O–H groups in total. The zero-order valence-electron chi connectivity index (χ0n) is 22.0. The number of fused-ring (bicyclic) bond motifs is 1. The molecule has 0 unspecified atom stereocenters. The summed E-state index contributed by atoms with van der Waals surface area (Å²) in [6, 6.07) is 14.9. The van der Waals surface area contributed by atoms with Crippen LogP contribution in [0.2, 0.25) is 10.0 Å². The molecule has 6 nitrogen and oxygen atoms in total. The highest BCUT2D eigenvalue weighted by Gasteiger charge is 2.45. The third-order valence-corrected chi connectivity index (χ3v) is 8.62. The molecule has 2 aromatic rings. The molecule has 1 amide bonds. The number of hydrogen-bond acceptors (Lipinski definition) is 5. The van der Waals surface area contributed by atoms with E-state index in [1.165, 1.54) is 12.5 Å². The molecule has 2 saturated heterocycles. The Bertz CT molecular complexity index is 1140. The molecule has 8 heteroatoms. The Morgan fingerprint density at radius 2 is 1.79 bits per heavy atom. The standard InChI is InChI=1S/C30H37Cl2N3O3/c1-20(36)7-13-27(29(37)14-10-22-9-12-25(31)26(32)17-22)34-16-15-24(11-8-21-5-3-2-4-6-21)35-19-23(33)18-28(35)30(34)38/h2-6,9,12,17,23-24,27-28H,7-8,10-11,13-16,18-19,33H2,1H3/t23-,24+,27-,28+/m1/s1. The second-order valence-electron chi connectivity index (χ2n) is 10.7. The number of aryl methyl sites for hydroxylation is 2. The molecule has 204 valence electrons. The normalized spacial score (nSPS) is 22.7. The molecule has 4 atom stereocenters. The van der Waals surface area contributed by atoms with Gasteiger partial charge in [-0.15, -0.1) is 0 Å². The molecule has 2 heterocycles. The molecule has 2 aliphatic heterocycles. The fourth-order valence-electron chi connectivity index (χ4n) is 5.85. The first-order chi connectivity index (χ1) is 18.2. The summed E-state index contributed by atoms with van der Waals surface area (Å²) < 4.78 is 0. The van der Waals surface area contributed by atoms with Crippen molar-refractivity contribution in [2.75, 3.05) is 13.1 Å². The van der Waals surface area contributed by atoms with Crippen LogP contribution in [-0.2, 0) is 27.2 Å². The minimum atomic E-state index is -0.624. The van der Waals surface area contributed by atoms with Crippen molar-refractivity contribution in [2.45, 2.75) is 82.5 Å². The van der Waals surface area contributed by atoms with E-state index in [-0.39, 0.29) is 48.4 Å². The first kappa shape index (κ1) is 28.8. The number of Topliss-reactive ketones (excluding diaryl/α,β-unsaturated/α-hetero) is 2. The molecule has 0 spiro atoms. The first-order valence-corrected chi connectivity index (χ1v) is 14.3. The van der Waals surface area contributed by atoms with Crippen molar-refractivity contribution in [3.63, 3.8) is 0 Å². The van der Waals surface area contributed by atoms with E-state index < -0.39 is 6.04 Å². The summed E-state index contributed by atoms with van der Waals surface area (Å²) in [5.74, 6) is -0.0429. The maximum atomic E-state index is 13.9. The lowest BCUT2D eigenvalue weighted by molar-refractivity contribution is -0.142. The van der Waals surface area contributed by atoms with Crippen molar-refractivity contribution in [1.82, 2.24) is 9.80 Å². The van der Waals surface area contributed by atoms with Crippen molar-refractivity contribution >= 4 is 40.7 Å². The number of amides is 1. The monoisotopic (exact) mass is 557 g/mol. The van der Waals surface area contributed by atoms with Crippen LogP contribution in [0.1, 0.15) is 56.6 Å². The average Bonchev–Trinajstić information content (AvgIpc) is 3.24. The number of nitrogens with two attached hydrogens (primary N) is 1. The highest BCUT2D eigenvalue weighted by molar-refractivity contribution is 6.42. The van der Waals surface area contributed by atoms with Gasteiger partial charge in [-0.3, -0.25) is 14.5 Å². The Kier molecular flexibility index (Phi) is 9.99. The van der Waals surface area contributed by atoms with E-state index in [1.54, 1.807) is 17.0 Å². The summed E-state index contributed by atoms with van der Waals surface area (Å²) in [5.41, 5.74) is 8.53. The average molecular weight is 559 g/mol. The van der Waals surface area contributed by atoms with Gasteiger partial charge < -0.3 is 15.4 Å². The van der Waals surface area contributed by atoms with E-state index in [2.05, 4.69) is 17.0 Å². The molecule has 2 aromatic carbocycles. The van der Waals surface area contributed by atoms with Crippen LogP contribution in [0.15, 0.2) is 48.5 Å². The number of nitrogens with zero attached hydrogens (tertiary/aromatic N) is 2. The van der Waals surface area contributed by atoms with E-state index in [0.29, 0.717) is 42.4 Å². The van der Waals surface area contributed by atoms with Gasteiger partial charge in [0.05, 0.1) is 22.1 Å². The summed E-state index contributed by atoms with van der Waals surface area (Å²) in [6.45, 7) is 2.72. The van der Waals surface area contributed by atoms with Gasteiger partial charge in [0.15, 0.2) is 5.78 Å². The van der Waals surface area contributed by atoms with Gasteiger partial charge in [-0.25, -0.2) is 0 Å². The van der Waals surface area contributed by atoms with Crippen molar-refractivity contribution in [3.05, 3.63) is 69.7 Å². The van der Waals surface area contributed by atoms with Gasteiger partial charge >= 0.3 is 0 Å². The van der Waals surface area contributed by atoms with Crippen LogP contribution < -0.4 is 5.73 Å². The van der Waals surface area contributed by atoms with Gasteiger partial charge in [0, 0.05) is 38.0 Å². The van der Waals surface area contributed by atoms with Crippen molar-refractivity contribution in [3.8, 4) is 0 Å². The molecule has 2 aliphatic rings. The number of benzene rings is 2.